The SMILES string of the molecule is CC(C)c1ccc(Oc2cc(Br)cc(CN)c2)cc1. The first-order valence-corrected chi connectivity index (χ1v) is 7.15. The zero-order valence-corrected chi connectivity index (χ0v) is 12.8. The topological polar surface area (TPSA) is 35.2 Å². The van der Waals surface area contributed by atoms with Gasteiger partial charge in [0.1, 0.15) is 11.5 Å². The molecule has 3 heteroatoms. The van der Waals surface area contributed by atoms with Crippen LogP contribution in [0.3, 0.4) is 0 Å². The van der Waals surface area contributed by atoms with Gasteiger partial charge < -0.3 is 10.5 Å². The number of ether oxygens (including phenoxy) is 1. The largest absolute Gasteiger partial charge is 0.457 e. The highest BCUT2D eigenvalue weighted by Crippen LogP contribution is 2.27. The Morgan fingerprint density at radius 1 is 1.05 bits per heavy atom. The second-order valence-electron chi connectivity index (χ2n) is 4.83. The van der Waals surface area contributed by atoms with E-state index in [1.54, 1.807) is 0 Å². The van der Waals surface area contributed by atoms with Gasteiger partial charge in [0.05, 0.1) is 0 Å². The van der Waals surface area contributed by atoms with Gasteiger partial charge in [-0.05, 0) is 47.4 Å². The lowest BCUT2D eigenvalue weighted by Crippen LogP contribution is -1.96. The second kappa shape index (κ2) is 6.22. The minimum atomic E-state index is 0.502. The number of benzene rings is 2. The fraction of sp³-hybridized carbons (Fsp3) is 0.250. The number of hydrogen-bond acceptors (Lipinski definition) is 2. The maximum atomic E-state index is 5.85. The average Bonchev–Trinajstić information content (AvgIpc) is 2.38. The van der Waals surface area contributed by atoms with E-state index in [1.165, 1.54) is 5.56 Å². The third-order valence-corrected chi connectivity index (χ3v) is 3.41. The van der Waals surface area contributed by atoms with Crippen molar-refractivity contribution in [3.05, 3.63) is 58.1 Å². The molecule has 2 N–H and O–H groups in total. The molecule has 0 saturated heterocycles. The maximum absolute atomic E-state index is 5.85. The average molecular weight is 320 g/mol. The van der Waals surface area contributed by atoms with Crippen LogP contribution in [0.15, 0.2) is 46.9 Å². The summed E-state index contributed by atoms with van der Waals surface area (Å²) in [5.41, 5.74) is 8.01. The molecule has 19 heavy (non-hydrogen) atoms. The molecule has 2 rings (SSSR count). The van der Waals surface area contributed by atoms with Gasteiger partial charge in [0.2, 0.25) is 0 Å². The van der Waals surface area contributed by atoms with Crippen LogP contribution in [0.2, 0.25) is 0 Å². The molecule has 0 aliphatic rings. The Bertz CT molecular complexity index is 549. The third-order valence-electron chi connectivity index (χ3n) is 2.95. The predicted molar refractivity (Wildman–Crippen MR) is 82.6 cm³/mol. The van der Waals surface area contributed by atoms with Crippen LogP contribution in [0.25, 0.3) is 0 Å². The fourth-order valence-corrected chi connectivity index (χ4v) is 2.37. The van der Waals surface area contributed by atoms with Gasteiger partial charge in [-0.3, -0.25) is 0 Å². The van der Waals surface area contributed by atoms with Crippen LogP contribution in [0.4, 0.5) is 0 Å². The molecule has 0 heterocycles. The number of halogens is 1. The first-order chi connectivity index (χ1) is 9.08. The van der Waals surface area contributed by atoms with Gasteiger partial charge in [-0.1, -0.05) is 41.9 Å². The van der Waals surface area contributed by atoms with E-state index in [9.17, 15) is 0 Å². The standard InChI is InChI=1S/C16H18BrNO/c1-11(2)13-3-5-15(6-4-13)19-16-8-12(10-18)7-14(17)9-16/h3-9,11H,10,18H2,1-2H3. The van der Waals surface area contributed by atoms with E-state index in [2.05, 4.69) is 41.9 Å². The third kappa shape index (κ3) is 3.82. The van der Waals surface area contributed by atoms with Crippen molar-refractivity contribution >= 4 is 15.9 Å². The van der Waals surface area contributed by atoms with Crippen molar-refractivity contribution in [2.75, 3.05) is 0 Å². The minimum absolute atomic E-state index is 0.502. The Morgan fingerprint density at radius 2 is 1.74 bits per heavy atom. The van der Waals surface area contributed by atoms with Gasteiger partial charge in [0.15, 0.2) is 0 Å². The summed E-state index contributed by atoms with van der Waals surface area (Å²) in [6.07, 6.45) is 0. The Labute approximate surface area is 122 Å². The second-order valence-corrected chi connectivity index (χ2v) is 5.74. The van der Waals surface area contributed by atoms with Crippen molar-refractivity contribution in [1.82, 2.24) is 0 Å². The van der Waals surface area contributed by atoms with Crippen molar-refractivity contribution in [3.8, 4) is 11.5 Å². The van der Waals surface area contributed by atoms with E-state index in [4.69, 9.17) is 10.5 Å². The lowest BCUT2D eigenvalue weighted by molar-refractivity contribution is 0.481. The van der Waals surface area contributed by atoms with E-state index in [1.807, 2.05) is 30.3 Å². The summed E-state index contributed by atoms with van der Waals surface area (Å²) in [7, 11) is 0. The predicted octanol–water partition coefficient (Wildman–Crippen LogP) is 4.82. The van der Waals surface area contributed by atoms with Gasteiger partial charge in [0, 0.05) is 11.0 Å². The monoisotopic (exact) mass is 319 g/mol. The first kappa shape index (κ1) is 14.1. The molecule has 0 unspecified atom stereocenters. The van der Waals surface area contributed by atoms with Crippen molar-refractivity contribution in [2.24, 2.45) is 5.73 Å². The van der Waals surface area contributed by atoms with Gasteiger partial charge in [-0.25, -0.2) is 0 Å². The Hall–Kier alpha value is -1.32. The van der Waals surface area contributed by atoms with Crippen molar-refractivity contribution < 1.29 is 4.74 Å². The molecule has 0 spiro atoms. The Kier molecular flexibility index (Phi) is 4.61. The molecule has 0 amide bonds. The van der Waals surface area contributed by atoms with E-state index >= 15 is 0 Å². The Balaban J connectivity index is 2.18. The molecular weight excluding hydrogens is 302 g/mol. The molecule has 2 aromatic carbocycles. The zero-order valence-electron chi connectivity index (χ0n) is 11.2. The van der Waals surface area contributed by atoms with Crippen LogP contribution >= 0.6 is 15.9 Å². The normalized spacial score (nSPS) is 10.8. The zero-order chi connectivity index (χ0) is 13.8. The molecule has 0 aliphatic heterocycles. The number of rotatable bonds is 4. The van der Waals surface area contributed by atoms with Crippen LogP contribution < -0.4 is 10.5 Å². The summed E-state index contributed by atoms with van der Waals surface area (Å²) in [4.78, 5) is 0. The quantitative estimate of drug-likeness (QED) is 0.876. The van der Waals surface area contributed by atoms with E-state index < -0.39 is 0 Å². The molecule has 2 nitrogen and oxygen atoms in total. The van der Waals surface area contributed by atoms with Crippen LogP contribution in [0.1, 0.15) is 30.9 Å². The highest BCUT2D eigenvalue weighted by molar-refractivity contribution is 9.10. The fourth-order valence-electron chi connectivity index (χ4n) is 1.85. The van der Waals surface area contributed by atoms with Gasteiger partial charge >= 0.3 is 0 Å². The summed E-state index contributed by atoms with van der Waals surface area (Å²) < 4.78 is 6.83. The molecule has 0 fully saturated rings. The van der Waals surface area contributed by atoms with E-state index in [0.29, 0.717) is 12.5 Å². The van der Waals surface area contributed by atoms with Gasteiger partial charge in [0.25, 0.3) is 0 Å². The van der Waals surface area contributed by atoms with Gasteiger partial charge in [-0.2, -0.15) is 0 Å². The highest BCUT2D eigenvalue weighted by Gasteiger charge is 2.03. The maximum Gasteiger partial charge on any atom is 0.128 e. The molecule has 2 aromatic rings. The molecule has 0 aliphatic carbocycles. The van der Waals surface area contributed by atoms with Crippen LogP contribution in [-0.2, 0) is 6.54 Å². The summed E-state index contributed by atoms with van der Waals surface area (Å²) in [6.45, 7) is 4.86. The van der Waals surface area contributed by atoms with Crippen LogP contribution in [0, 0.1) is 0 Å². The van der Waals surface area contributed by atoms with Crippen LogP contribution in [-0.4, -0.2) is 0 Å². The van der Waals surface area contributed by atoms with Crippen molar-refractivity contribution in [3.63, 3.8) is 0 Å². The lowest BCUT2D eigenvalue weighted by Gasteiger charge is -2.10. The highest BCUT2D eigenvalue weighted by atomic mass is 79.9. The minimum Gasteiger partial charge on any atom is -0.457 e. The van der Waals surface area contributed by atoms with Gasteiger partial charge in [-0.15, -0.1) is 0 Å². The lowest BCUT2D eigenvalue weighted by atomic mass is 10.0. The summed E-state index contributed by atoms with van der Waals surface area (Å²) in [5, 5.41) is 0. The summed E-state index contributed by atoms with van der Waals surface area (Å²) in [5.74, 6) is 2.17. The Morgan fingerprint density at radius 3 is 2.32 bits per heavy atom. The van der Waals surface area contributed by atoms with Crippen molar-refractivity contribution in [2.45, 2.75) is 26.3 Å². The molecule has 100 valence electrons. The molecule has 0 radical (unpaired) electrons. The molecule has 0 atom stereocenters. The first-order valence-electron chi connectivity index (χ1n) is 6.36. The number of hydrogen-bond donors (Lipinski definition) is 1. The number of nitrogens with two attached hydrogens (primary N) is 1. The van der Waals surface area contributed by atoms with Crippen molar-refractivity contribution in [1.29, 1.82) is 0 Å². The molecule has 0 aromatic heterocycles. The van der Waals surface area contributed by atoms with E-state index in [0.717, 1.165) is 21.5 Å². The smallest absolute Gasteiger partial charge is 0.128 e. The van der Waals surface area contributed by atoms with E-state index in [-0.39, 0.29) is 0 Å². The molecular formula is C16H18BrNO. The molecule has 0 saturated carbocycles. The van der Waals surface area contributed by atoms with Crippen LogP contribution in [0.5, 0.6) is 11.5 Å². The molecule has 0 bridgehead atoms. The summed E-state index contributed by atoms with van der Waals surface area (Å²) >= 11 is 3.46. The summed E-state index contributed by atoms with van der Waals surface area (Å²) in [6, 6.07) is 14.1.